The summed E-state index contributed by atoms with van der Waals surface area (Å²) in [5, 5.41) is 0. The summed E-state index contributed by atoms with van der Waals surface area (Å²) in [7, 11) is 1.95. The van der Waals surface area contributed by atoms with Crippen LogP contribution in [-0.4, -0.2) is 24.3 Å². The second kappa shape index (κ2) is 7.02. The maximum absolute atomic E-state index is 12.2. The van der Waals surface area contributed by atoms with Crippen molar-refractivity contribution in [1.29, 1.82) is 0 Å². The predicted octanol–water partition coefficient (Wildman–Crippen LogP) is 4.28. The van der Waals surface area contributed by atoms with Crippen molar-refractivity contribution in [2.45, 2.75) is 19.9 Å². The largest absolute Gasteiger partial charge is 0.294 e. The molecule has 0 aliphatic heterocycles. The Morgan fingerprint density at radius 3 is 2.45 bits per heavy atom. The van der Waals surface area contributed by atoms with Gasteiger partial charge in [0.25, 0.3) is 0 Å². The molecule has 2 aromatic rings. The molecule has 0 fully saturated rings. The van der Waals surface area contributed by atoms with Gasteiger partial charge in [0, 0.05) is 17.0 Å². The maximum Gasteiger partial charge on any atom is 0.176 e. The Hall–Kier alpha value is -1.16. The molecule has 1 aromatic heterocycles. The van der Waals surface area contributed by atoms with Gasteiger partial charge in [-0.1, -0.05) is 42.8 Å². The molecule has 0 aliphatic rings. The van der Waals surface area contributed by atoms with Crippen LogP contribution in [0.5, 0.6) is 0 Å². The molecule has 0 saturated carbocycles. The van der Waals surface area contributed by atoms with Crippen LogP contribution in [0, 0.1) is 0 Å². The molecule has 0 unspecified atom stereocenters. The summed E-state index contributed by atoms with van der Waals surface area (Å²) in [5.41, 5.74) is 2.03. The third-order valence-corrected chi connectivity index (χ3v) is 4.37. The van der Waals surface area contributed by atoms with E-state index in [2.05, 4.69) is 6.92 Å². The molecule has 2 nitrogen and oxygen atoms in total. The fourth-order valence-corrected chi connectivity index (χ4v) is 3.19. The van der Waals surface area contributed by atoms with E-state index in [0.29, 0.717) is 6.54 Å². The molecule has 0 spiro atoms. The third kappa shape index (κ3) is 4.17. The van der Waals surface area contributed by atoms with Crippen LogP contribution in [0.2, 0.25) is 4.34 Å². The number of Topliss-reactive ketones (excluding diaryl/α,β-unsaturated/α-hetero) is 1. The number of hydrogen-bond donors (Lipinski definition) is 0. The number of ketones is 1. The number of halogens is 1. The monoisotopic (exact) mass is 307 g/mol. The normalized spacial score (nSPS) is 11.0. The van der Waals surface area contributed by atoms with Crippen molar-refractivity contribution in [3.63, 3.8) is 0 Å². The van der Waals surface area contributed by atoms with Crippen LogP contribution < -0.4 is 0 Å². The van der Waals surface area contributed by atoms with Crippen LogP contribution in [0.3, 0.4) is 0 Å². The van der Waals surface area contributed by atoms with Gasteiger partial charge in [0.05, 0.1) is 10.9 Å². The van der Waals surface area contributed by atoms with Gasteiger partial charge in [0.1, 0.15) is 0 Å². The van der Waals surface area contributed by atoms with E-state index in [1.807, 2.05) is 48.3 Å². The van der Waals surface area contributed by atoms with Crippen LogP contribution in [0.1, 0.15) is 27.7 Å². The molecule has 0 aliphatic carbocycles. The summed E-state index contributed by atoms with van der Waals surface area (Å²) in [6.07, 6.45) is 0.994. The van der Waals surface area contributed by atoms with Gasteiger partial charge in [-0.15, -0.1) is 11.3 Å². The first-order valence-electron chi connectivity index (χ1n) is 6.63. The number of thiophene rings is 1. The lowest BCUT2D eigenvalue weighted by Crippen LogP contribution is -2.25. The first-order valence-corrected chi connectivity index (χ1v) is 7.83. The molecule has 1 heterocycles. The van der Waals surface area contributed by atoms with Gasteiger partial charge in [0.2, 0.25) is 0 Å². The molecule has 106 valence electrons. The Kier molecular flexibility index (Phi) is 5.35. The average molecular weight is 308 g/mol. The van der Waals surface area contributed by atoms with Crippen molar-refractivity contribution in [3.05, 3.63) is 56.7 Å². The highest BCUT2D eigenvalue weighted by molar-refractivity contribution is 7.16. The fourth-order valence-electron chi connectivity index (χ4n) is 2.02. The number of nitrogens with zero attached hydrogens (tertiary/aromatic N) is 1. The summed E-state index contributed by atoms with van der Waals surface area (Å²) in [6.45, 7) is 3.27. The van der Waals surface area contributed by atoms with Crippen molar-refractivity contribution in [2.24, 2.45) is 0 Å². The van der Waals surface area contributed by atoms with Crippen LogP contribution >= 0.6 is 22.9 Å². The molecule has 0 saturated heterocycles. The van der Waals surface area contributed by atoms with Gasteiger partial charge >= 0.3 is 0 Å². The lowest BCUT2D eigenvalue weighted by molar-refractivity contribution is 0.0943. The Balaban J connectivity index is 1.92. The zero-order valence-electron chi connectivity index (χ0n) is 11.7. The van der Waals surface area contributed by atoms with E-state index >= 15 is 0 Å². The van der Waals surface area contributed by atoms with Crippen LogP contribution in [-0.2, 0) is 13.0 Å². The van der Waals surface area contributed by atoms with Crippen molar-refractivity contribution in [2.75, 3.05) is 13.6 Å². The lowest BCUT2D eigenvalue weighted by atomic mass is 10.1. The molecule has 20 heavy (non-hydrogen) atoms. The van der Waals surface area contributed by atoms with E-state index in [9.17, 15) is 4.79 Å². The highest BCUT2D eigenvalue weighted by Crippen LogP contribution is 2.22. The topological polar surface area (TPSA) is 20.3 Å². The first kappa shape index (κ1) is 15.2. The molecule has 1 aromatic carbocycles. The minimum absolute atomic E-state index is 0.151. The Morgan fingerprint density at radius 2 is 1.90 bits per heavy atom. The number of carbonyl (C=O) groups is 1. The maximum atomic E-state index is 12.2. The second-order valence-electron chi connectivity index (χ2n) is 4.85. The highest BCUT2D eigenvalue weighted by Gasteiger charge is 2.10. The number of benzene rings is 1. The number of rotatable bonds is 6. The zero-order valence-corrected chi connectivity index (χ0v) is 13.3. The van der Waals surface area contributed by atoms with Crippen LogP contribution in [0.15, 0.2) is 36.4 Å². The minimum atomic E-state index is 0.151. The van der Waals surface area contributed by atoms with Crippen molar-refractivity contribution >= 4 is 28.7 Å². The van der Waals surface area contributed by atoms with Crippen molar-refractivity contribution in [1.82, 2.24) is 4.90 Å². The Bertz CT molecular complexity index is 576. The molecule has 0 atom stereocenters. The minimum Gasteiger partial charge on any atom is -0.294 e. The van der Waals surface area contributed by atoms with Gasteiger partial charge in [-0.25, -0.2) is 0 Å². The molecule has 0 N–H and O–H groups in total. The van der Waals surface area contributed by atoms with E-state index in [1.54, 1.807) is 11.3 Å². The summed E-state index contributed by atoms with van der Waals surface area (Å²) >= 11 is 7.46. The van der Waals surface area contributed by atoms with Gasteiger partial charge < -0.3 is 0 Å². The molecule has 0 bridgehead atoms. The van der Waals surface area contributed by atoms with E-state index in [1.165, 1.54) is 10.4 Å². The predicted molar refractivity (Wildman–Crippen MR) is 85.8 cm³/mol. The lowest BCUT2D eigenvalue weighted by Gasteiger charge is -2.14. The number of likely N-dealkylation sites (N-methyl/N-ethyl adjacent to an activating group) is 1. The van der Waals surface area contributed by atoms with Crippen molar-refractivity contribution in [3.8, 4) is 0 Å². The molecular formula is C16H18ClNOS. The van der Waals surface area contributed by atoms with Gasteiger partial charge in [-0.2, -0.15) is 0 Å². The van der Waals surface area contributed by atoms with E-state index in [0.717, 1.165) is 22.9 Å². The van der Waals surface area contributed by atoms with Crippen LogP contribution in [0.25, 0.3) is 0 Å². The average Bonchev–Trinajstić information content (AvgIpc) is 2.84. The fraction of sp³-hybridized carbons (Fsp3) is 0.312. The molecular weight excluding hydrogens is 290 g/mol. The standard InChI is InChI=1S/C16H18ClNOS/c1-3-12-4-6-13(7-5-12)15(19)11-18(2)10-14-8-9-16(17)20-14/h4-9H,3,10-11H2,1-2H3. The molecule has 0 amide bonds. The third-order valence-electron chi connectivity index (χ3n) is 3.15. The summed E-state index contributed by atoms with van der Waals surface area (Å²) in [4.78, 5) is 15.4. The zero-order chi connectivity index (χ0) is 14.5. The van der Waals surface area contributed by atoms with Gasteiger partial charge in [-0.05, 0) is 31.2 Å². The Morgan fingerprint density at radius 1 is 1.20 bits per heavy atom. The van der Waals surface area contributed by atoms with Gasteiger partial charge in [0.15, 0.2) is 5.78 Å². The van der Waals surface area contributed by atoms with Crippen LogP contribution in [0.4, 0.5) is 0 Å². The number of hydrogen-bond acceptors (Lipinski definition) is 3. The number of aryl methyl sites for hydroxylation is 1. The van der Waals surface area contributed by atoms with E-state index < -0.39 is 0 Å². The Labute approximate surface area is 129 Å². The SMILES string of the molecule is CCc1ccc(C(=O)CN(C)Cc2ccc(Cl)s2)cc1. The molecule has 4 heteroatoms. The summed E-state index contributed by atoms with van der Waals surface area (Å²) in [5.74, 6) is 0.151. The second-order valence-corrected chi connectivity index (χ2v) is 6.65. The van der Waals surface area contributed by atoms with Crippen molar-refractivity contribution < 1.29 is 4.79 Å². The van der Waals surface area contributed by atoms with E-state index in [4.69, 9.17) is 11.6 Å². The highest BCUT2D eigenvalue weighted by atomic mass is 35.5. The smallest absolute Gasteiger partial charge is 0.176 e. The molecule has 0 radical (unpaired) electrons. The molecule has 2 rings (SSSR count). The van der Waals surface area contributed by atoms with Gasteiger partial charge in [-0.3, -0.25) is 9.69 Å². The number of carbonyl (C=O) groups excluding carboxylic acids is 1. The quantitative estimate of drug-likeness (QED) is 0.742. The first-order chi connectivity index (χ1) is 9.58. The van der Waals surface area contributed by atoms with E-state index in [-0.39, 0.29) is 5.78 Å². The summed E-state index contributed by atoms with van der Waals surface area (Å²) < 4.78 is 0.787. The summed E-state index contributed by atoms with van der Waals surface area (Å²) in [6, 6.07) is 11.8.